The zero-order valence-corrected chi connectivity index (χ0v) is 10.3. The first-order chi connectivity index (χ1) is 8.75. The lowest BCUT2D eigenvalue weighted by Gasteiger charge is -2.02. The van der Waals surface area contributed by atoms with Gasteiger partial charge >= 0.3 is 0 Å². The number of benzene rings is 2. The number of nitrogens with two attached hydrogens (primary N) is 1. The third-order valence-electron chi connectivity index (χ3n) is 2.94. The number of hydrogen-bond acceptors (Lipinski definition) is 2. The van der Waals surface area contributed by atoms with E-state index in [1.165, 1.54) is 5.56 Å². The van der Waals surface area contributed by atoms with Gasteiger partial charge in [-0.1, -0.05) is 30.3 Å². The van der Waals surface area contributed by atoms with Gasteiger partial charge in [0.15, 0.2) is 5.78 Å². The second-order valence-corrected chi connectivity index (χ2v) is 4.38. The Balaban J connectivity index is 1.84. The molecule has 0 aliphatic rings. The third kappa shape index (κ3) is 3.45. The fourth-order valence-corrected chi connectivity index (χ4v) is 1.91. The van der Waals surface area contributed by atoms with Crippen molar-refractivity contribution in [3.8, 4) is 0 Å². The summed E-state index contributed by atoms with van der Waals surface area (Å²) in [5.74, 6) is 0.186. The average Bonchev–Trinajstić information content (AvgIpc) is 2.40. The number of carbonyl (C=O) groups excluding carboxylic acids is 1. The first-order valence-corrected chi connectivity index (χ1v) is 6.18. The van der Waals surface area contributed by atoms with Crippen LogP contribution < -0.4 is 5.73 Å². The van der Waals surface area contributed by atoms with Crippen LogP contribution in [0.1, 0.15) is 28.8 Å². The molecule has 2 heteroatoms. The van der Waals surface area contributed by atoms with Crippen LogP contribution in [0.5, 0.6) is 0 Å². The lowest BCUT2D eigenvalue weighted by atomic mass is 10.0. The maximum Gasteiger partial charge on any atom is 0.162 e. The molecular weight excluding hydrogens is 222 g/mol. The molecule has 2 rings (SSSR count). The summed E-state index contributed by atoms with van der Waals surface area (Å²) in [6.07, 6.45) is 2.41. The molecule has 0 amide bonds. The highest BCUT2D eigenvalue weighted by molar-refractivity contribution is 5.96. The molecule has 2 aromatic carbocycles. The Kier molecular flexibility index (Phi) is 4.13. The normalized spacial score (nSPS) is 10.2. The second-order valence-electron chi connectivity index (χ2n) is 4.38. The maximum atomic E-state index is 11.9. The molecule has 92 valence electrons. The van der Waals surface area contributed by atoms with Crippen molar-refractivity contribution in [3.63, 3.8) is 0 Å². The van der Waals surface area contributed by atoms with Crippen molar-refractivity contribution in [1.82, 2.24) is 0 Å². The van der Waals surface area contributed by atoms with Crippen molar-refractivity contribution >= 4 is 11.5 Å². The highest BCUT2D eigenvalue weighted by Gasteiger charge is 2.05. The van der Waals surface area contributed by atoms with Gasteiger partial charge in [0.1, 0.15) is 0 Å². The van der Waals surface area contributed by atoms with Crippen LogP contribution in [0.4, 0.5) is 5.69 Å². The van der Waals surface area contributed by atoms with E-state index in [0.29, 0.717) is 12.1 Å². The molecule has 2 N–H and O–H groups in total. The number of anilines is 1. The lowest BCUT2D eigenvalue weighted by molar-refractivity contribution is 0.0980. The molecule has 0 aliphatic heterocycles. The molecule has 0 saturated heterocycles. The van der Waals surface area contributed by atoms with Crippen molar-refractivity contribution in [1.29, 1.82) is 0 Å². The molecule has 0 aromatic heterocycles. The molecule has 0 atom stereocenters. The van der Waals surface area contributed by atoms with Gasteiger partial charge in [-0.25, -0.2) is 0 Å². The number of hydrogen-bond donors (Lipinski definition) is 1. The van der Waals surface area contributed by atoms with Gasteiger partial charge in [0.25, 0.3) is 0 Å². The summed E-state index contributed by atoms with van der Waals surface area (Å²) in [4.78, 5) is 11.9. The monoisotopic (exact) mass is 239 g/mol. The number of ketones is 1. The molecule has 2 aromatic rings. The van der Waals surface area contributed by atoms with E-state index in [4.69, 9.17) is 5.73 Å². The largest absolute Gasteiger partial charge is 0.399 e. The number of rotatable bonds is 5. The first kappa shape index (κ1) is 12.4. The standard InChI is InChI=1S/C16H17NO/c17-15-11-9-14(10-12-15)16(18)8-4-7-13-5-2-1-3-6-13/h1-3,5-6,9-12H,4,7-8,17H2. The molecule has 0 heterocycles. The first-order valence-electron chi connectivity index (χ1n) is 6.18. The molecule has 0 unspecified atom stereocenters. The Morgan fingerprint density at radius 1 is 0.944 bits per heavy atom. The second kappa shape index (κ2) is 6.01. The molecule has 0 saturated carbocycles. The van der Waals surface area contributed by atoms with E-state index in [2.05, 4.69) is 12.1 Å². The molecule has 2 nitrogen and oxygen atoms in total. The van der Waals surface area contributed by atoms with E-state index in [9.17, 15) is 4.79 Å². The summed E-state index contributed by atoms with van der Waals surface area (Å²) in [5, 5.41) is 0. The Hall–Kier alpha value is -2.09. The topological polar surface area (TPSA) is 43.1 Å². The van der Waals surface area contributed by atoms with E-state index >= 15 is 0 Å². The minimum Gasteiger partial charge on any atom is -0.399 e. The van der Waals surface area contributed by atoms with Crippen LogP contribution in [0, 0.1) is 0 Å². The van der Waals surface area contributed by atoms with E-state index in [1.54, 1.807) is 24.3 Å². The zero-order valence-electron chi connectivity index (χ0n) is 10.3. The smallest absolute Gasteiger partial charge is 0.162 e. The van der Waals surface area contributed by atoms with Gasteiger partial charge in [0.2, 0.25) is 0 Å². The minimum absolute atomic E-state index is 0.186. The van der Waals surface area contributed by atoms with Crippen LogP contribution in [0.25, 0.3) is 0 Å². The van der Waals surface area contributed by atoms with Crippen LogP contribution in [0.3, 0.4) is 0 Å². The van der Waals surface area contributed by atoms with Gasteiger partial charge in [-0.05, 0) is 42.7 Å². The van der Waals surface area contributed by atoms with E-state index in [0.717, 1.165) is 18.4 Å². The summed E-state index contributed by atoms with van der Waals surface area (Å²) in [5.41, 5.74) is 8.31. The van der Waals surface area contributed by atoms with E-state index in [-0.39, 0.29) is 5.78 Å². The van der Waals surface area contributed by atoms with Gasteiger partial charge in [-0.15, -0.1) is 0 Å². The van der Waals surface area contributed by atoms with Crippen LogP contribution in [-0.2, 0) is 6.42 Å². The van der Waals surface area contributed by atoms with Crippen molar-refractivity contribution in [3.05, 3.63) is 65.7 Å². The SMILES string of the molecule is Nc1ccc(C(=O)CCCc2ccccc2)cc1. The highest BCUT2D eigenvalue weighted by atomic mass is 16.1. The van der Waals surface area contributed by atoms with Crippen LogP contribution >= 0.6 is 0 Å². The van der Waals surface area contributed by atoms with Gasteiger partial charge in [-0.2, -0.15) is 0 Å². The average molecular weight is 239 g/mol. The number of carbonyl (C=O) groups is 1. The molecule has 18 heavy (non-hydrogen) atoms. The van der Waals surface area contributed by atoms with Crippen LogP contribution in [0.2, 0.25) is 0 Å². The molecular formula is C16H17NO. The Bertz CT molecular complexity index is 502. The summed E-state index contributed by atoms with van der Waals surface area (Å²) < 4.78 is 0. The highest BCUT2D eigenvalue weighted by Crippen LogP contribution is 2.11. The maximum absolute atomic E-state index is 11.9. The lowest BCUT2D eigenvalue weighted by Crippen LogP contribution is -2.00. The van der Waals surface area contributed by atoms with Gasteiger partial charge in [0, 0.05) is 17.7 Å². The fraction of sp³-hybridized carbons (Fsp3) is 0.188. The number of nitrogen functional groups attached to an aromatic ring is 1. The molecule has 0 fully saturated rings. The zero-order chi connectivity index (χ0) is 12.8. The van der Waals surface area contributed by atoms with Crippen LogP contribution in [0.15, 0.2) is 54.6 Å². The van der Waals surface area contributed by atoms with Crippen molar-refractivity contribution in [2.75, 3.05) is 5.73 Å². The predicted molar refractivity (Wildman–Crippen MR) is 74.6 cm³/mol. The Morgan fingerprint density at radius 2 is 1.61 bits per heavy atom. The van der Waals surface area contributed by atoms with Crippen molar-refractivity contribution < 1.29 is 4.79 Å². The van der Waals surface area contributed by atoms with E-state index in [1.807, 2.05) is 18.2 Å². The van der Waals surface area contributed by atoms with Gasteiger partial charge in [0.05, 0.1) is 0 Å². The molecule has 0 aliphatic carbocycles. The van der Waals surface area contributed by atoms with Crippen molar-refractivity contribution in [2.45, 2.75) is 19.3 Å². The van der Waals surface area contributed by atoms with Gasteiger partial charge < -0.3 is 5.73 Å². The Labute approximate surface area is 107 Å². The summed E-state index contributed by atoms with van der Waals surface area (Å²) in [6.45, 7) is 0. The summed E-state index contributed by atoms with van der Waals surface area (Å²) >= 11 is 0. The van der Waals surface area contributed by atoms with Gasteiger partial charge in [-0.3, -0.25) is 4.79 Å². The quantitative estimate of drug-likeness (QED) is 0.641. The molecule has 0 radical (unpaired) electrons. The minimum atomic E-state index is 0.186. The third-order valence-corrected chi connectivity index (χ3v) is 2.94. The van der Waals surface area contributed by atoms with E-state index < -0.39 is 0 Å². The molecule has 0 bridgehead atoms. The summed E-state index contributed by atoms with van der Waals surface area (Å²) in [6, 6.07) is 17.4. The fourth-order valence-electron chi connectivity index (χ4n) is 1.91. The number of Topliss-reactive ketones (excluding diaryl/α,β-unsaturated/α-hetero) is 1. The van der Waals surface area contributed by atoms with Crippen molar-refractivity contribution in [2.24, 2.45) is 0 Å². The Morgan fingerprint density at radius 3 is 2.28 bits per heavy atom. The summed E-state index contributed by atoms with van der Waals surface area (Å²) in [7, 11) is 0. The number of aryl methyl sites for hydroxylation is 1. The van der Waals surface area contributed by atoms with Crippen LogP contribution in [-0.4, -0.2) is 5.78 Å². The molecule has 0 spiro atoms. The predicted octanol–water partition coefficient (Wildman–Crippen LogP) is 3.47.